The van der Waals surface area contributed by atoms with Crippen LogP contribution in [-0.4, -0.2) is 12.5 Å². The van der Waals surface area contributed by atoms with E-state index in [1.807, 2.05) is 18.2 Å². The van der Waals surface area contributed by atoms with Crippen LogP contribution in [0.15, 0.2) is 18.2 Å². The highest BCUT2D eigenvalue weighted by Gasteiger charge is 2.20. The molecule has 0 saturated heterocycles. The van der Waals surface area contributed by atoms with Gasteiger partial charge in [0.05, 0.1) is 13.0 Å². The molecule has 1 N–H and O–H groups in total. The van der Waals surface area contributed by atoms with Crippen molar-refractivity contribution < 1.29 is 9.53 Å². The van der Waals surface area contributed by atoms with Crippen LogP contribution >= 0.6 is 0 Å². The highest BCUT2D eigenvalue weighted by Crippen LogP contribution is 2.31. The molecule has 0 aliphatic carbocycles. The van der Waals surface area contributed by atoms with Crippen LogP contribution in [0.25, 0.3) is 0 Å². The van der Waals surface area contributed by atoms with Crippen molar-refractivity contribution >= 4 is 11.6 Å². The van der Waals surface area contributed by atoms with E-state index >= 15 is 0 Å². The van der Waals surface area contributed by atoms with E-state index in [9.17, 15) is 4.79 Å². The fourth-order valence-corrected chi connectivity index (χ4v) is 1.57. The summed E-state index contributed by atoms with van der Waals surface area (Å²) >= 11 is 0. The highest BCUT2D eigenvalue weighted by molar-refractivity contribution is 6.00. The van der Waals surface area contributed by atoms with E-state index in [2.05, 4.69) is 12.2 Å². The second kappa shape index (κ2) is 3.70. The molecule has 0 atom stereocenters. The van der Waals surface area contributed by atoms with Crippen molar-refractivity contribution in [3.8, 4) is 5.75 Å². The van der Waals surface area contributed by atoms with Gasteiger partial charge in [-0.1, -0.05) is 13.0 Å². The van der Waals surface area contributed by atoms with Crippen molar-refractivity contribution in [2.45, 2.75) is 19.8 Å². The molecule has 14 heavy (non-hydrogen) atoms. The third-order valence-corrected chi connectivity index (χ3v) is 2.21. The predicted molar refractivity (Wildman–Crippen MR) is 54.6 cm³/mol. The average Bonchev–Trinajstić information content (AvgIpc) is 2.55. The van der Waals surface area contributed by atoms with E-state index in [1.165, 1.54) is 0 Å². The van der Waals surface area contributed by atoms with Crippen molar-refractivity contribution in [1.29, 1.82) is 0 Å². The Balaban J connectivity index is 2.25. The minimum absolute atomic E-state index is 0.0487. The first-order valence-corrected chi connectivity index (χ1v) is 4.86. The van der Waals surface area contributed by atoms with E-state index < -0.39 is 0 Å². The van der Waals surface area contributed by atoms with E-state index in [0.29, 0.717) is 13.0 Å². The maximum atomic E-state index is 11.2. The fraction of sp³-hybridized carbons (Fsp3) is 0.364. The van der Waals surface area contributed by atoms with Crippen molar-refractivity contribution in [2.75, 3.05) is 11.9 Å². The lowest BCUT2D eigenvalue weighted by Gasteiger charge is -2.08. The number of anilines is 1. The zero-order valence-electron chi connectivity index (χ0n) is 8.17. The molecule has 0 spiro atoms. The van der Waals surface area contributed by atoms with Crippen LogP contribution in [0, 0.1) is 0 Å². The molecule has 0 unspecified atom stereocenters. The molecular formula is C11H13NO2. The summed E-state index contributed by atoms with van der Waals surface area (Å²) in [4.78, 5) is 11.2. The van der Waals surface area contributed by atoms with Gasteiger partial charge < -0.3 is 10.1 Å². The van der Waals surface area contributed by atoms with Gasteiger partial charge in [0.15, 0.2) is 0 Å². The number of carbonyl (C=O) groups excluding carboxylic acids is 1. The third kappa shape index (κ3) is 1.58. The average molecular weight is 191 g/mol. The number of carbonyl (C=O) groups is 1. The molecule has 2 rings (SSSR count). The quantitative estimate of drug-likeness (QED) is 0.793. The number of ether oxygens (including phenoxy) is 1. The van der Waals surface area contributed by atoms with Crippen LogP contribution in [-0.2, 0) is 11.2 Å². The molecule has 0 radical (unpaired) electrons. The summed E-state index contributed by atoms with van der Waals surface area (Å²) in [5.41, 5.74) is 1.88. The molecule has 0 bridgehead atoms. The second-order valence-electron chi connectivity index (χ2n) is 3.36. The summed E-state index contributed by atoms with van der Waals surface area (Å²) in [6.45, 7) is 2.76. The van der Waals surface area contributed by atoms with Gasteiger partial charge in [-0.25, -0.2) is 0 Å². The predicted octanol–water partition coefficient (Wildman–Crippen LogP) is 1.97. The minimum atomic E-state index is 0.0487. The number of rotatable bonds is 3. The Morgan fingerprint density at radius 1 is 1.50 bits per heavy atom. The van der Waals surface area contributed by atoms with Crippen LogP contribution in [0.2, 0.25) is 0 Å². The summed E-state index contributed by atoms with van der Waals surface area (Å²) in [6.07, 6.45) is 1.42. The second-order valence-corrected chi connectivity index (χ2v) is 3.36. The number of hydrogen-bond donors (Lipinski definition) is 1. The van der Waals surface area contributed by atoms with E-state index in [0.717, 1.165) is 23.4 Å². The first-order chi connectivity index (χ1) is 6.81. The molecule has 1 aromatic rings. The molecule has 1 amide bonds. The topological polar surface area (TPSA) is 38.3 Å². The lowest BCUT2D eigenvalue weighted by molar-refractivity contribution is -0.115. The summed E-state index contributed by atoms with van der Waals surface area (Å²) in [5, 5.41) is 2.80. The molecule has 0 saturated carbocycles. The van der Waals surface area contributed by atoms with Crippen molar-refractivity contribution in [1.82, 2.24) is 0 Å². The largest absolute Gasteiger partial charge is 0.493 e. The maximum absolute atomic E-state index is 11.2. The monoisotopic (exact) mass is 191 g/mol. The van der Waals surface area contributed by atoms with Crippen molar-refractivity contribution in [3.05, 3.63) is 23.8 Å². The van der Waals surface area contributed by atoms with Gasteiger partial charge in [0, 0.05) is 11.3 Å². The minimum Gasteiger partial charge on any atom is -0.493 e. The molecule has 1 aliphatic rings. The van der Waals surface area contributed by atoms with Crippen LogP contribution in [0.4, 0.5) is 5.69 Å². The number of hydrogen-bond acceptors (Lipinski definition) is 2. The zero-order valence-corrected chi connectivity index (χ0v) is 8.17. The van der Waals surface area contributed by atoms with Gasteiger partial charge in [-0.2, -0.15) is 0 Å². The number of amides is 1. The number of nitrogens with one attached hydrogen (secondary N) is 1. The maximum Gasteiger partial charge on any atom is 0.229 e. The SMILES string of the molecule is CCCOc1cccc2c1CC(=O)N2. The van der Waals surface area contributed by atoms with E-state index in [-0.39, 0.29) is 5.91 Å². The summed E-state index contributed by atoms with van der Waals surface area (Å²) in [5.74, 6) is 0.884. The summed E-state index contributed by atoms with van der Waals surface area (Å²) in [6, 6.07) is 5.71. The van der Waals surface area contributed by atoms with E-state index in [1.54, 1.807) is 0 Å². The first-order valence-electron chi connectivity index (χ1n) is 4.86. The third-order valence-electron chi connectivity index (χ3n) is 2.21. The lowest BCUT2D eigenvalue weighted by Crippen LogP contribution is -2.03. The Hall–Kier alpha value is -1.51. The van der Waals surface area contributed by atoms with E-state index in [4.69, 9.17) is 4.74 Å². The lowest BCUT2D eigenvalue weighted by atomic mass is 10.1. The van der Waals surface area contributed by atoms with Crippen molar-refractivity contribution in [2.24, 2.45) is 0 Å². The standard InChI is InChI=1S/C11H13NO2/c1-2-6-14-10-5-3-4-9-8(10)7-11(13)12-9/h3-5H,2,6-7H2,1H3,(H,12,13). The molecule has 3 heteroatoms. The van der Waals surface area contributed by atoms with Gasteiger partial charge in [0.25, 0.3) is 0 Å². The Kier molecular flexibility index (Phi) is 2.39. The fourth-order valence-electron chi connectivity index (χ4n) is 1.57. The molecular weight excluding hydrogens is 178 g/mol. The van der Waals surface area contributed by atoms with Gasteiger partial charge in [0.1, 0.15) is 5.75 Å². The Morgan fingerprint density at radius 3 is 3.14 bits per heavy atom. The molecule has 0 aromatic heterocycles. The van der Waals surface area contributed by atoms with Crippen LogP contribution < -0.4 is 10.1 Å². The van der Waals surface area contributed by atoms with Gasteiger partial charge in [-0.05, 0) is 18.6 Å². The van der Waals surface area contributed by atoms with Gasteiger partial charge in [-0.3, -0.25) is 4.79 Å². The van der Waals surface area contributed by atoms with Gasteiger partial charge in [-0.15, -0.1) is 0 Å². The molecule has 3 nitrogen and oxygen atoms in total. The van der Waals surface area contributed by atoms with Crippen LogP contribution in [0.5, 0.6) is 5.75 Å². The normalized spacial score (nSPS) is 13.6. The molecule has 1 heterocycles. The summed E-state index contributed by atoms with van der Waals surface area (Å²) < 4.78 is 5.55. The summed E-state index contributed by atoms with van der Waals surface area (Å²) in [7, 11) is 0. The van der Waals surface area contributed by atoms with Crippen LogP contribution in [0.1, 0.15) is 18.9 Å². The van der Waals surface area contributed by atoms with Crippen LogP contribution in [0.3, 0.4) is 0 Å². The Labute approximate surface area is 83.1 Å². The highest BCUT2D eigenvalue weighted by atomic mass is 16.5. The van der Waals surface area contributed by atoms with Gasteiger partial charge in [0.2, 0.25) is 5.91 Å². The first kappa shape index (κ1) is 9.06. The Morgan fingerprint density at radius 2 is 2.36 bits per heavy atom. The zero-order chi connectivity index (χ0) is 9.97. The molecule has 0 fully saturated rings. The molecule has 74 valence electrons. The van der Waals surface area contributed by atoms with Crippen molar-refractivity contribution in [3.63, 3.8) is 0 Å². The molecule has 1 aliphatic heterocycles. The van der Waals surface area contributed by atoms with Gasteiger partial charge >= 0.3 is 0 Å². The number of benzene rings is 1. The molecule has 1 aromatic carbocycles. The smallest absolute Gasteiger partial charge is 0.229 e. The Bertz CT molecular complexity index is 360. The number of fused-ring (bicyclic) bond motifs is 1.